The van der Waals surface area contributed by atoms with Crippen molar-refractivity contribution in [2.75, 3.05) is 6.26 Å². The van der Waals surface area contributed by atoms with Crippen LogP contribution in [0.15, 0.2) is 40.5 Å². The Hall–Kier alpha value is -1.35. The summed E-state index contributed by atoms with van der Waals surface area (Å²) in [4.78, 5) is 12.8. The first-order valence-corrected chi connectivity index (χ1v) is 7.87. The van der Waals surface area contributed by atoms with Gasteiger partial charge in [0.15, 0.2) is 0 Å². The molecule has 3 aromatic rings. The van der Waals surface area contributed by atoms with Crippen molar-refractivity contribution in [1.82, 2.24) is 14.3 Å². The molecule has 7 heteroatoms. The Balaban J connectivity index is 0.00000176. The number of thioether (sulfide) groups is 1. The lowest BCUT2D eigenvalue weighted by molar-refractivity contribution is -0.557. The number of benzene rings is 1. The molecule has 0 aliphatic heterocycles. The minimum Gasteiger partial charge on any atom is -1.00 e. The number of nitrogens with zero attached hydrogens (tertiary/aromatic N) is 4. The van der Waals surface area contributed by atoms with E-state index in [0.717, 1.165) is 16.4 Å². The molecule has 0 spiro atoms. The second kappa shape index (κ2) is 6.41. The lowest BCUT2D eigenvalue weighted by atomic mass is 10.1. The van der Waals surface area contributed by atoms with Gasteiger partial charge < -0.3 is 24.0 Å². The second-order valence-electron chi connectivity index (χ2n) is 5.00. The molecule has 0 bridgehead atoms. The molecular weight excluding hydrogens is 411 g/mol. The summed E-state index contributed by atoms with van der Waals surface area (Å²) >= 11 is 1.52. The van der Waals surface area contributed by atoms with Crippen LogP contribution in [0, 0.1) is 13.8 Å². The molecule has 0 amide bonds. The van der Waals surface area contributed by atoms with Crippen LogP contribution in [0.3, 0.4) is 0 Å². The summed E-state index contributed by atoms with van der Waals surface area (Å²) in [5, 5.41) is 5.18. The van der Waals surface area contributed by atoms with E-state index in [-0.39, 0.29) is 29.5 Å². The fourth-order valence-electron chi connectivity index (χ4n) is 2.48. The third-order valence-corrected chi connectivity index (χ3v) is 4.41. The highest BCUT2D eigenvalue weighted by molar-refractivity contribution is 7.98. The Bertz CT molecular complexity index is 900. The van der Waals surface area contributed by atoms with Crippen LogP contribution < -0.4 is 33.9 Å². The number of fused-ring (bicyclic) bond motifs is 1. The van der Waals surface area contributed by atoms with E-state index < -0.39 is 0 Å². The molecule has 0 atom stereocenters. The Morgan fingerprint density at radius 3 is 2.68 bits per heavy atom. The van der Waals surface area contributed by atoms with Gasteiger partial charge in [0.1, 0.15) is 0 Å². The van der Waals surface area contributed by atoms with Crippen molar-refractivity contribution in [3.8, 4) is 5.69 Å². The van der Waals surface area contributed by atoms with Crippen molar-refractivity contribution in [1.29, 1.82) is 0 Å². The zero-order chi connectivity index (χ0) is 15.1. The van der Waals surface area contributed by atoms with Gasteiger partial charge in [0.25, 0.3) is 0 Å². The number of hydrogen-bond acceptors (Lipinski definition) is 3. The highest BCUT2D eigenvalue weighted by Gasteiger charge is 2.21. The Morgan fingerprint density at radius 2 is 2.00 bits per heavy atom. The Morgan fingerprint density at radius 1 is 1.27 bits per heavy atom. The summed E-state index contributed by atoms with van der Waals surface area (Å²) in [5.74, 6) is 0. The number of aromatic nitrogens is 4. The molecule has 0 aliphatic rings. The van der Waals surface area contributed by atoms with Gasteiger partial charge in [-0.05, 0) is 37.3 Å². The predicted octanol–water partition coefficient (Wildman–Crippen LogP) is -1.35. The largest absolute Gasteiger partial charge is 1.00 e. The molecule has 116 valence electrons. The van der Waals surface area contributed by atoms with Gasteiger partial charge in [0.05, 0.1) is 24.0 Å². The molecule has 0 fully saturated rings. The SMILES string of the molecule is CSc1nn(C)c2c(=O)n(-c3cccc(C)c3C)cc[n+]12.[I-]. The van der Waals surface area contributed by atoms with E-state index in [1.165, 1.54) is 17.3 Å². The van der Waals surface area contributed by atoms with Crippen LogP contribution in [0.25, 0.3) is 11.3 Å². The zero-order valence-corrected chi connectivity index (χ0v) is 15.8. The number of aryl methyl sites for hydroxylation is 2. The van der Waals surface area contributed by atoms with Crippen LogP contribution >= 0.6 is 11.8 Å². The minimum absolute atomic E-state index is 0. The van der Waals surface area contributed by atoms with E-state index in [1.807, 2.05) is 48.9 Å². The maximum absolute atomic E-state index is 12.8. The first kappa shape index (κ1) is 17.0. The number of hydrogen-bond donors (Lipinski definition) is 0. The average molecular weight is 428 g/mol. The van der Waals surface area contributed by atoms with Gasteiger partial charge in [-0.15, -0.1) is 4.68 Å². The highest BCUT2D eigenvalue weighted by Crippen LogP contribution is 2.16. The third-order valence-electron chi connectivity index (χ3n) is 3.77. The topological polar surface area (TPSA) is 43.9 Å². The maximum atomic E-state index is 12.8. The molecule has 2 heterocycles. The molecule has 0 saturated heterocycles. The molecule has 3 rings (SSSR count). The van der Waals surface area contributed by atoms with Crippen molar-refractivity contribution in [3.05, 3.63) is 52.1 Å². The summed E-state index contributed by atoms with van der Waals surface area (Å²) in [6.07, 6.45) is 5.64. The van der Waals surface area contributed by atoms with Crippen LogP contribution in [0.2, 0.25) is 0 Å². The van der Waals surface area contributed by atoms with Gasteiger partial charge >= 0.3 is 16.4 Å². The van der Waals surface area contributed by atoms with Gasteiger partial charge in [-0.1, -0.05) is 23.9 Å². The Labute approximate surface area is 150 Å². The fourth-order valence-corrected chi connectivity index (χ4v) is 3.03. The Kier molecular flexibility index (Phi) is 4.96. The van der Waals surface area contributed by atoms with Crippen molar-refractivity contribution < 1.29 is 28.4 Å². The monoisotopic (exact) mass is 428 g/mol. The summed E-state index contributed by atoms with van der Waals surface area (Å²) in [6, 6.07) is 5.98. The number of halogens is 1. The van der Waals surface area contributed by atoms with E-state index >= 15 is 0 Å². The van der Waals surface area contributed by atoms with Crippen molar-refractivity contribution in [2.24, 2.45) is 7.05 Å². The van der Waals surface area contributed by atoms with Crippen molar-refractivity contribution in [2.45, 2.75) is 19.0 Å². The second-order valence-corrected chi connectivity index (χ2v) is 5.77. The standard InChI is InChI=1S/C15H17N4OS.HI/c1-10-6-5-7-12(11(10)2)18-8-9-19-13(14(18)20)17(3)16-15(19)21-4;/h5-9H,1-4H3;1H/q+1;/p-1. The van der Waals surface area contributed by atoms with Gasteiger partial charge in [-0.25, -0.2) is 0 Å². The van der Waals surface area contributed by atoms with Gasteiger partial charge in [-0.3, -0.25) is 9.36 Å². The van der Waals surface area contributed by atoms with E-state index in [2.05, 4.69) is 5.10 Å². The van der Waals surface area contributed by atoms with Crippen LogP contribution in [-0.2, 0) is 7.05 Å². The van der Waals surface area contributed by atoms with E-state index in [9.17, 15) is 4.79 Å². The summed E-state index contributed by atoms with van der Waals surface area (Å²) in [5.41, 5.74) is 3.68. The van der Waals surface area contributed by atoms with Gasteiger partial charge in [0.2, 0.25) is 0 Å². The molecule has 0 saturated carbocycles. The lowest BCUT2D eigenvalue weighted by Gasteiger charge is -2.10. The highest BCUT2D eigenvalue weighted by atomic mass is 127. The van der Waals surface area contributed by atoms with Crippen LogP contribution in [0.1, 0.15) is 11.1 Å². The predicted molar refractivity (Wildman–Crippen MR) is 83.2 cm³/mol. The smallest absolute Gasteiger partial charge is 0.341 e. The molecule has 1 aromatic carbocycles. The summed E-state index contributed by atoms with van der Waals surface area (Å²) < 4.78 is 5.15. The average Bonchev–Trinajstić information content (AvgIpc) is 2.80. The number of rotatable bonds is 2. The third kappa shape index (κ3) is 2.56. The lowest BCUT2D eigenvalue weighted by Crippen LogP contribution is -3.00. The fraction of sp³-hybridized carbons (Fsp3) is 0.267. The normalized spacial score (nSPS) is 10.7. The van der Waals surface area contributed by atoms with Crippen molar-refractivity contribution in [3.63, 3.8) is 0 Å². The summed E-state index contributed by atoms with van der Waals surface area (Å²) in [7, 11) is 1.80. The molecule has 0 N–H and O–H groups in total. The van der Waals surface area contributed by atoms with Crippen LogP contribution in [0.5, 0.6) is 0 Å². The first-order chi connectivity index (χ1) is 10.0. The molecule has 2 aromatic heterocycles. The molecule has 0 unspecified atom stereocenters. The van der Waals surface area contributed by atoms with Crippen LogP contribution in [0.4, 0.5) is 0 Å². The molecular formula is C15H17IN4OS. The first-order valence-electron chi connectivity index (χ1n) is 6.65. The molecule has 0 radical (unpaired) electrons. The zero-order valence-electron chi connectivity index (χ0n) is 12.9. The maximum Gasteiger partial charge on any atom is 0.341 e. The van der Waals surface area contributed by atoms with Gasteiger partial charge in [-0.2, -0.15) is 4.40 Å². The quantitative estimate of drug-likeness (QED) is 0.288. The van der Waals surface area contributed by atoms with Gasteiger partial charge in [0, 0.05) is 6.20 Å². The summed E-state index contributed by atoms with van der Waals surface area (Å²) in [6.45, 7) is 4.08. The van der Waals surface area contributed by atoms with Crippen molar-refractivity contribution >= 4 is 17.4 Å². The van der Waals surface area contributed by atoms with Crippen LogP contribution in [-0.4, -0.2) is 20.6 Å². The molecule has 22 heavy (non-hydrogen) atoms. The minimum atomic E-state index is -0.0681. The van der Waals surface area contributed by atoms with E-state index in [1.54, 1.807) is 22.5 Å². The van der Waals surface area contributed by atoms with E-state index in [4.69, 9.17) is 0 Å². The molecule has 5 nitrogen and oxygen atoms in total. The molecule has 0 aliphatic carbocycles. The van der Waals surface area contributed by atoms with E-state index in [0.29, 0.717) is 5.65 Å².